The highest BCUT2D eigenvalue weighted by molar-refractivity contribution is 5.94. The van der Waals surface area contributed by atoms with Crippen molar-refractivity contribution in [1.29, 1.82) is 0 Å². The van der Waals surface area contributed by atoms with Gasteiger partial charge in [-0.05, 0) is 44.6 Å². The highest BCUT2D eigenvalue weighted by atomic mass is 16.4. The van der Waals surface area contributed by atoms with E-state index < -0.39 is 35.9 Å². The second-order valence-corrected chi connectivity index (χ2v) is 7.50. The van der Waals surface area contributed by atoms with Crippen molar-refractivity contribution >= 4 is 23.7 Å². The number of carbonyl (C=O) groups is 4. The normalized spacial score (nSPS) is 19.3. The van der Waals surface area contributed by atoms with Gasteiger partial charge in [-0.25, -0.2) is 4.79 Å². The summed E-state index contributed by atoms with van der Waals surface area (Å²) in [6, 6.07) is -2.59. The first-order valence-corrected chi connectivity index (χ1v) is 10.3. The van der Waals surface area contributed by atoms with Crippen LogP contribution in [-0.2, 0) is 19.2 Å². The number of unbranched alkanes of at least 4 members (excludes halogenated alkanes) is 1. The van der Waals surface area contributed by atoms with E-state index in [1.807, 2.05) is 13.8 Å². The van der Waals surface area contributed by atoms with Crippen LogP contribution < -0.4 is 22.1 Å². The molecule has 1 saturated heterocycles. The second kappa shape index (κ2) is 12.4. The lowest BCUT2D eigenvalue weighted by atomic mass is 9.97. The van der Waals surface area contributed by atoms with Crippen LogP contribution in [0.2, 0.25) is 0 Å². The largest absolute Gasteiger partial charge is 0.480 e. The molecule has 10 heteroatoms. The maximum Gasteiger partial charge on any atom is 0.326 e. The van der Waals surface area contributed by atoms with Gasteiger partial charge in [0.1, 0.15) is 18.1 Å². The van der Waals surface area contributed by atoms with Crippen LogP contribution in [0.25, 0.3) is 0 Å². The molecule has 1 heterocycles. The lowest BCUT2D eigenvalue weighted by molar-refractivity contribution is -0.143. The number of aliphatic carboxylic acids is 1. The monoisotopic (exact) mass is 413 g/mol. The molecule has 1 rings (SSSR count). The predicted molar refractivity (Wildman–Crippen MR) is 108 cm³/mol. The summed E-state index contributed by atoms with van der Waals surface area (Å²) in [5, 5.41) is 14.7. The fourth-order valence-electron chi connectivity index (χ4n) is 3.42. The summed E-state index contributed by atoms with van der Waals surface area (Å²) in [7, 11) is 0. The van der Waals surface area contributed by atoms with Gasteiger partial charge >= 0.3 is 5.97 Å². The third kappa shape index (κ3) is 7.28. The number of carbonyl (C=O) groups excluding carboxylic acids is 3. The van der Waals surface area contributed by atoms with Crippen molar-refractivity contribution in [1.82, 2.24) is 15.5 Å². The molecule has 4 unspecified atom stereocenters. The fourth-order valence-corrected chi connectivity index (χ4v) is 3.42. The topological polar surface area (TPSA) is 168 Å². The summed E-state index contributed by atoms with van der Waals surface area (Å²) in [5.74, 6) is -2.60. The number of rotatable bonds is 12. The van der Waals surface area contributed by atoms with Gasteiger partial charge in [0.25, 0.3) is 0 Å². The molecule has 0 aromatic rings. The summed E-state index contributed by atoms with van der Waals surface area (Å²) < 4.78 is 0. The van der Waals surface area contributed by atoms with E-state index in [4.69, 9.17) is 11.5 Å². The predicted octanol–water partition coefficient (Wildman–Crippen LogP) is -0.835. The highest BCUT2D eigenvalue weighted by Crippen LogP contribution is 2.18. The van der Waals surface area contributed by atoms with E-state index in [1.54, 1.807) is 0 Å². The van der Waals surface area contributed by atoms with Crippen LogP contribution in [0.3, 0.4) is 0 Å². The molecule has 0 aromatic carbocycles. The minimum absolute atomic E-state index is 0.178. The van der Waals surface area contributed by atoms with Gasteiger partial charge in [0.15, 0.2) is 0 Å². The van der Waals surface area contributed by atoms with E-state index in [2.05, 4.69) is 10.6 Å². The Morgan fingerprint density at radius 1 is 1.17 bits per heavy atom. The van der Waals surface area contributed by atoms with Crippen molar-refractivity contribution < 1.29 is 24.3 Å². The third-order valence-electron chi connectivity index (χ3n) is 5.41. The number of likely N-dealkylation sites (tertiary alicyclic amines) is 1. The molecule has 1 aliphatic heterocycles. The van der Waals surface area contributed by atoms with Crippen molar-refractivity contribution in [2.45, 2.75) is 70.5 Å². The van der Waals surface area contributed by atoms with Crippen LogP contribution in [0.15, 0.2) is 0 Å². The smallest absolute Gasteiger partial charge is 0.326 e. The maximum absolute atomic E-state index is 12.8. The quantitative estimate of drug-likeness (QED) is 0.260. The highest BCUT2D eigenvalue weighted by Gasteiger charge is 2.37. The Labute approximate surface area is 171 Å². The number of nitrogens with zero attached hydrogens (tertiary/aromatic N) is 1. The molecule has 29 heavy (non-hydrogen) atoms. The lowest BCUT2D eigenvalue weighted by Crippen LogP contribution is -2.57. The van der Waals surface area contributed by atoms with Crippen molar-refractivity contribution in [3.63, 3.8) is 0 Å². The van der Waals surface area contributed by atoms with Gasteiger partial charge in [-0.3, -0.25) is 14.4 Å². The van der Waals surface area contributed by atoms with E-state index >= 15 is 0 Å². The Morgan fingerprint density at radius 2 is 1.86 bits per heavy atom. The van der Waals surface area contributed by atoms with Gasteiger partial charge in [0, 0.05) is 6.54 Å². The number of carboxylic acid groups (broad SMARTS) is 1. The van der Waals surface area contributed by atoms with Crippen LogP contribution in [0, 0.1) is 5.92 Å². The average molecular weight is 414 g/mol. The molecule has 4 atom stereocenters. The Balaban J connectivity index is 2.84. The Morgan fingerprint density at radius 3 is 2.41 bits per heavy atom. The van der Waals surface area contributed by atoms with E-state index in [0.29, 0.717) is 45.2 Å². The molecule has 1 fully saturated rings. The Hall–Kier alpha value is -2.20. The standard InChI is InChI=1S/C19H35N5O5/c1-3-12(2)16(18(27)22-13(19(28)29)7-4-5-9-20)23-17(26)14-8-6-10-24(14)15(25)11-21/h12-14,16H,3-11,20-21H2,1-2H3,(H,22,27)(H,23,26)(H,28,29). The molecule has 3 amide bonds. The van der Waals surface area contributed by atoms with Crippen LogP contribution in [0.1, 0.15) is 52.4 Å². The fraction of sp³-hybridized carbons (Fsp3) is 0.789. The molecule has 0 aromatic heterocycles. The zero-order valence-electron chi connectivity index (χ0n) is 17.4. The van der Waals surface area contributed by atoms with Gasteiger partial charge < -0.3 is 32.1 Å². The number of hydrogen-bond donors (Lipinski definition) is 5. The van der Waals surface area contributed by atoms with Gasteiger partial charge in [0.2, 0.25) is 17.7 Å². The van der Waals surface area contributed by atoms with E-state index in [-0.39, 0.29) is 24.8 Å². The van der Waals surface area contributed by atoms with Crippen molar-refractivity contribution in [2.75, 3.05) is 19.6 Å². The van der Waals surface area contributed by atoms with Crippen molar-refractivity contribution in [3.05, 3.63) is 0 Å². The SMILES string of the molecule is CCC(C)C(NC(=O)C1CCCN1C(=O)CN)C(=O)NC(CCCCN)C(=O)O. The second-order valence-electron chi connectivity index (χ2n) is 7.50. The van der Waals surface area contributed by atoms with Crippen LogP contribution in [-0.4, -0.2) is 71.5 Å². The molecule has 10 nitrogen and oxygen atoms in total. The van der Waals surface area contributed by atoms with E-state index in [0.717, 1.165) is 0 Å². The summed E-state index contributed by atoms with van der Waals surface area (Å²) >= 11 is 0. The average Bonchev–Trinajstić information content (AvgIpc) is 3.19. The number of amides is 3. The van der Waals surface area contributed by atoms with Crippen LogP contribution in [0.4, 0.5) is 0 Å². The summed E-state index contributed by atoms with van der Waals surface area (Å²) in [6.45, 7) is 4.42. The van der Waals surface area contributed by atoms with Crippen molar-refractivity contribution in [3.8, 4) is 0 Å². The Kier molecular flexibility index (Phi) is 10.6. The molecular weight excluding hydrogens is 378 g/mol. The maximum atomic E-state index is 12.8. The first-order chi connectivity index (χ1) is 13.8. The number of nitrogens with one attached hydrogen (secondary N) is 2. The Bertz CT molecular complexity index is 585. The lowest BCUT2D eigenvalue weighted by Gasteiger charge is -2.29. The summed E-state index contributed by atoms with van der Waals surface area (Å²) in [5.41, 5.74) is 10.9. The molecule has 7 N–H and O–H groups in total. The molecule has 0 bridgehead atoms. The minimum Gasteiger partial charge on any atom is -0.480 e. The minimum atomic E-state index is -1.12. The molecule has 0 radical (unpaired) electrons. The van der Waals surface area contributed by atoms with Gasteiger partial charge in [-0.15, -0.1) is 0 Å². The van der Waals surface area contributed by atoms with Gasteiger partial charge in [0.05, 0.1) is 6.54 Å². The molecule has 1 aliphatic rings. The zero-order valence-corrected chi connectivity index (χ0v) is 17.4. The summed E-state index contributed by atoms with van der Waals surface area (Å²) in [4.78, 5) is 50.5. The molecular formula is C19H35N5O5. The third-order valence-corrected chi connectivity index (χ3v) is 5.41. The number of carboxylic acids is 1. The van der Waals surface area contributed by atoms with E-state index in [1.165, 1.54) is 4.90 Å². The molecule has 0 aliphatic carbocycles. The van der Waals surface area contributed by atoms with Crippen LogP contribution >= 0.6 is 0 Å². The first-order valence-electron chi connectivity index (χ1n) is 10.3. The first kappa shape index (κ1) is 24.8. The number of hydrogen-bond acceptors (Lipinski definition) is 6. The number of nitrogens with two attached hydrogens (primary N) is 2. The van der Waals surface area contributed by atoms with Gasteiger partial charge in [-0.2, -0.15) is 0 Å². The van der Waals surface area contributed by atoms with E-state index in [9.17, 15) is 24.3 Å². The van der Waals surface area contributed by atoms with Crippen molar-refractivity contribution in [2.24, 2.45) is 17.4 Å². The summed E-state index contributed by atoms with van der Waals surface area (Å²) in [6.07, 6.45) is 3.31. The van der Waals surface area contributed by atoms with Crippen LogP contribution in [0.5, 0.6) is 0 Å². The zero-order chi connectivity index (χ0) is 22.0. The molecule has 166 valence electrons. The molecule has 0 spiro atoms. The molecule has 0 saturated carbocycles. The van der Waals surface area contributed by atoms with Gasteiger partial charge in [-0.1, -0.05) is 20.3 Å².